The first kappa shape index (κ1) is 31.0. The third-order valence-corrected chi connectivity index (χ3v) is 6.34. The molecule has 3 atom stereocenters. The van der Waals surface area contributed by atoms with Crippen molar-refractivity contribution in [1.82, 2.24) is 0 Å². The van der Waals surface area contributed by atoms with Gasteiger partial charge in [0.2, 0.25) is 0 Å². The molecule has 0 aliphatic carbocycles. The molecule has 0 spiro atoms. The van der Waals surface area contributed by atoms with E-state index in [0.717, 1.165) is 25.7 Å². The quantitative estimate of drug-likeness (QED) is 0.224. The molecule has 0 saturated carbocycles. The summed E-state index contributed by atoms with van der Waals surface area (Å²) in [7, 11) is -5.06. The van der Waals surface area contributed by atoms with Crippen molar-refractivity contribution in [3.05, 3.63) is 0 Å². The van der Waals surface area contributed by atoms with Gasteiger partial charge in [-0.3, -0.25) is 9.59 Å². The van der Waals surface area contributed by atoms with Gasteiger partial charge >= 0.3 is 41.5 Å². The summed E-state index contributed by atoms with van der Waals surface area (Å²) in [5.41, 5.74) is -1.63. The van der Waals surface area contributed by atoms with Crippen LogP contribution < -0.4 is 29.6 Å². The molecular weight excluding hydrogens is 407 g/mol. The molecule has 0 rings (SSSR count). The summed E-state index contributed by atoms with van der Waals surface area (Å²) < 4.78 is 45.7. The third-order valence-electron chi connectivity index (χ3n) is 5.28. The van der Waals surface area contributed by atoms with Crippen LogP contribution in [0.4, 0.5) is 0 Å². The normalized spacial score (nSPS) is 16.7. The van der Waals surface area contributed by atoms with Crippen molar-refractivity contribution < 1.29 is 61.6 Å². The minimum atomic E-state index is -5.06. The van der Waals surface area contributed by atoms with Crippen molar-refractivity contribution in [2.24, 2.45) is 0 Å². The molecule has 0 aromatic carbocycles. The van der Waals surface area contributed by atoms with Gasteiger partial charge in [-0.2, -0.15) is 0 Å². The maximum atomic E-state index is 12.5. The first-order valence-corrected chi connectivity index (χ1v) is 11.7. The fraction of sp³-hybridized carbons (Fsp3) is 0.900. The Morgan fingerprint density at radius 1 is 0.897 bits per heavy atom. The van der Waals surface area contributed by atoms with Crippen LogP contribution in [0, 0.1) is 0 Å². The molecule has 7 nitrogen and oxygen atoms in total. The smallest absolute Gasteiger partial charge is 0.747 e. The number of carbonyl (C=O) groups is 2. The summed E-state index contributed by atoms with van der Waals surface area (Å²) in [5, 5.41) is -2.10. The van der Waals surface area contributed by atoms with Gasteiger partial charge in [-0.15, -0.1) is 0 Å². The first-order valence-electron chi connectivity index (χ1n) is 10.3. The van der Waals surface area contributed by atoms with Crippen molar-refractivity contribution in [1.29, 1.82) is 0 Å². The van der Waals surface area contributed by atoms with E-state index in [-0.39, 0.29) is 29.6 Å². The molecule has 0 amide bonds. The van der Waals surface area contributed by atoms with Crippen LogP contribution >= 0.6 is 0 Å². The number of carbonyl (C=O) groups excluding carboxylic acids is 2. The summed E-state index contributed by atoms with van der Waals surface area (Å²) in [6.07, 6.45) is 4.79. The first-order chi connectivity index (χ1) is 12.9. The molecule has 9 heteroatoms. The zero-order valence-electron chi connectivity index (χ0n) is 19.2. The molecule has 0 bridgehead atoms. The van der Waals surface area contributed by atoms with E-state index < -0.39 is 44.9 Å². The summed E-state index contributed by atoms with van der Waals surface area (Å²) in [4.78, 5) is 24.8. The van der Waals surface area contributed by atoms with Crippen LogP contribution in [0.25, 0.3) is 0 Å². The number of ether oxygens (including phenoxy) is 2. The Bertz CT molecular complexity index is 608. The summed E-state index contributed by atoms with van der Waals surface area (Å²) in [6, 6.07) is 0. The second-order valence-corrected chi connectivity index (χ2v) is 9.45. The predicted octanol–water partition coefficient (Wildman–Crippen LogP) is 1.10. The molecule has 3 unspecified atom stereocenters. The summed E-state index contributed by atoms with van der Waals surface area (Å²) in [6.45, 7) is 11.1. The van der Waals surface area contributed by atoms with Crippen molar-refractivity contribution in [2.45, 2.75) is 116 Å². The van der Waals surface area contributed by atoms with Gasteiger partial charge < -0.3 is 14.0 Å². The van der Waals surface area contributed by atoms with Gasteiger partial charge in [0.1, 0.15) is 21.3 Å². The van der Waals surface area contributed by atoms with E-state index in [9.17, 15) is 22.6 Å². The van der Waals surface area contributed by atoms with Crippen molar-refractivity contribution in [3.8, 4) is 0 Å². The maximum Gasteiger partial charge on any atom is 1.00 e. The van der Waals surface area contributed by atoms with Gasteiger partial charge in [-0.05, 0) is 52.4 Å². The maximum absolute atomic E-state index is 12.5. The fourth-order valence-corrected chi connectivity index (χ4v) is 3.41. The van der Waals surface area contributed by atoms with Crippen LogP contribution in [-0.4, -0.2) is 41.4 Å². The number of hydrogen-bond donors (Lipinski definition) is 0. The van der Waals surface area contributed by atoms with E-state index in [1.54, 1.807) is 13.8 Å². The van der Waals surface area contributed by atoms with Crippen LogP contribution in [0.2, 0.25) is 0 Å². The number of hydrogen-bond acceptors (Lipinski definition) is 7. The molecule has 0 heterocycles. The zero-order chi connectivity index (χ0) is 22.0. The largest absolute Gasteiger partial charge is 1.00 e. The van der Waals surface area contributed by atoms with Crippen LogP contribution in [0.15, 0.2) is 0 Å². The molecule has 0 N–H and O–H groups in total. The third kappa shape index (κ3) is 11.7. The van der Waals surface area contributed by atoms with Crippen molar-refractivity contribution >= 4 is 22.1 Å². The van der Waals surface area contributed by atoms with E-state index in [4.69, 9.17) is 9.47 Å². The van der Waals surface area contributed by atoms with E-state index in [0.29, 0.717) is 25.7 Å². The van der Waals surface area contributed by atoms with Crippen molar-refractivity contribution in [3.63, 3.8) is 0 Å². The van der Waals surface area contributed by atoms with E-state index in [2.05, 4.69) is 0 Å². The summed E-state index contributed by atoms with van der Waals surface area (Å²) in [5.74, 6) is -2.06. The fourth-order valence-electron chi connectivity index (χ4n) is 2.78. The standard InChI is InChI=1S/C20H38O7S.Na/c1-7-11-13-19(5,9-3)26-17(21)15-16(28(23,24)25)18(22)27-20(6,10-4)14-12-8-2;/h16H,7-15H2,1-6H3,(H,23,24,25);/q;+1/p-1. The average molecular weight is 445 g/mol. The molecule has 0 aromatic heterocycles. The van der Waals surface area contributed by atoms with Gasteiger partial charge in [0.05, 0.1) is 6.42 Å². The molecule has 0 saturated heterocycles. The van der Waals surface area contributed by atoms with Gasteiger partial charge in [0.25, 0.3) is 0 Å². The average Bonchev–Trinajstić information content (AvgIpc) is 2.61. The van der Waals surface area contributed by atoms with Crippen LogP contribution in [0.1, 0.15) is 99.3 Å². The molecule has 0 fully saturated rings. The van der Waals surface area contributed by atoms with Crippen molar-refractivity contribution in [2.75, 3.05) is 0 Å². The molecular formula is C20H37NaO7S. The Kier molecular flexibility index (Phi) is 15.0. The molecule has 0 aromatic rings. The molecule has 166 valence electrons. The SMILES string of the molecule is CCCCC(C)(CC)OC(=O)CC(C(=O)OC(C)(CC)CCCC)S(=O)(=O)[O-].[Na+]. The minimum Gasteiger partial charge on any atom is -0.747 e. The Morgan fingerprint density at radius 2 is 1.31 bits per heavy atom. The van der Waals surface area contributed by atoms with E-state index in [1.807, 2.05) is 27.7 Å². The number of unbranched alkanes of at least 4 members (excludes halogenated alkanes) is 2. The van der Waals surface area contributed by atoms with Gasteiger partial charge in [-0.1, -0.05) is 40.5 Å². The second-order valence-electron chi connectivity index (χ2n) is 7.89. The summed E-state index contributed by atoms with van der Waals surface area (Å²) >= 11 is 0. The minimum absolute atomic E-state index is 0. The van der Waals surface area contributed by atoms with Gasteiger partial charge in [0.15, 0.2) is 5.25 Å². The molecule has 29 heavy (non-hydrogen) atoms. The second kappa shape index (κ2) is 14.0. The molecule has 0 aliphatic heterocycles. The topological polar surface area (TPSA) is 110 Å². The van der Waals surface area contributed by atoms with Crippen LogP contribution in [-0.2, 0) is 29.2 Å². The van der Waals surface area contributed by atoms with Gasteiger partial charge in [-0.25, -0.2) is 8.42 Å². The Morgan fingerprint density at radius 3 is 1.66 bits per heavy atom. The monoisotopic (exact) mass is 444 g/mol. The molecule has 0 aliphatic rings. The predicted molar refractivity (Wildman–Crippen MR) is 107 cm³/mol. The van der Waals surface area contributed by atoms with Crippen LogP contribution in [0.5, 0.6) is 0 Å². The van der Waals surface area contributed by atoms with Gasteiger partial charge in [0, 0.05) is 0 Å². The molecule has 0 radical (unpaired) electrons. The zero-order valence-corrected chi connectivity index (χ0v) is 22.0. The van der Waals surface area contributed by atoms with E-state index >= 15 is 0 Å². The van der Waals surface area contributed by atoms with E-state index in [1.165, 1.54) is 0 Å². The Labute approximate surface area is 198 Å². The number of esters is 2. The Balaban J connectivity index is 0. The van der Waals surface area contributed by atoms with Crippen LogP contribution in [0.3, 0.4) is 0 Å². The number of rotatable bonds is 14. The Hall–Kier alpha value is -0.150.